The fourth-order valence-corrected chi connectivity index (χ4v) is 6.27. The van der Waals surface area contributed by atoms with E-state index in [1.165, 1.54) is 0 Å². The highest BCUT2D eigenvalue weighted by atomic mass is 32.2. The number of hydroxylamine groups is 1. The molecule has 1 saturated heterocycles. The summed E-state index contributed by atoms with van der Waals surface area (Å²) in [6.07, 6.45) is 5.18. The molecule has 3 aromatic carbocycles. The highest BCUT2D eigenvalue weighted by Crippen LogP contribution is 2.40. The van der Waals surface area contributed by atoms with Crippen molar-refractivity contribution in [3.8, 4) is 11.1 Å². The molecular formula is C35H40N4O6S. The Kier molecular flexibility index (Phi) is 12.0. The minimum Gasteiger partial charge on any atom is -0.392 e. The van der Waals surface area contributed by atoms with E-state index in [0.717, 1.165) is 44.3 Å². The Hall–Kier alpha value is -4.00. The zero-order valence-electron chi connectivity index (χ0n) is 25.8. The lowest BCUT2D eigenvalue weighted by atomic mass is 9.99. The van der Waals surface area contributed by atoms with Gasteiger partial charge in [0.15, 0.2) is 11.4 Å². The van der Waals surface area contributed by atoms with Crippen molar-refractivity contribution in [1.29, 1.82) is 0 Å². The van der Waals surface area contributed by atoms with Gasteiger partial charge < -0.3 is 24.5 Å². The lowest BCUT2D eigenvalue weighted by Gasteiger charge is -2.36. The number of aryl methyl sites for hydroxylation is 1. The van der Waals surface area contributed by atoms with Crippen molar-refractivity contribution in [2.75, 3.05) is 5.75 Å². The molecule has 1 aromatic heterocycles. The van der Waals surface area contributed by atoms with Crippen LogP contribution in [-0.4, -0.2) is 43.5 Å². The first-order valence-corrected chi connectivity index (χ1v) is 16.4. The Labute approximate surface area is 273 Å². The molecule has 3 atom stereocenters. The Balaban J connectivity index is 1.26. The number of aliphatic hydroxyl groups excluding tert-OH is 1. The first kappa shape index (κ1) is 33.4. The third-order valence-electron chi connectivity index (χ3n) is 7.88. The maximum atomic E-state index is 12.3. The SMILES string of the molecule is Cn1ccnc1SC[C@@H]1C[C@H](c2ccc(CO)cc2)O[C@H](c2cccc(-c3cccc(CNC(=O)CCCCC(=O)NO)c3)c2)O1. The van der Waals surface area contributed by atoms with Crippen LogP contribution in [-0.2, 0) is 39.3 Å². The van der Waals surface area contributed by atoms with Crippen molar-refractivity contribution in [2.24, 2.45) is 7.05 Å². The summed E-state index contributed by atoms with van der Waals surface area (Å²) < 4.78 is 15.1. The van der Waals surface area contributed by atoms with Gasteiger partial charge in [0, 0.05) is 56.6 Å². The molecule has 4 N–H and O–H groups in total. The van der Waals surface area contributed by atoms with Crippen molar-refractivity contribution in [3.63, 3.8) is 0 Å². The van der Waals surface area contributed by atoms with Gasteiger partial charge >= 0.3 is 0 Å². The average Bonchev–Trinajstić information content (AvgIpc) is 3.52. The molecule has 0 aliphatic carbocycles. The lowest BCUT2D eigenvalue weighted by Crippen LogP contribution is -2.31. The number of thioether (sulfide) groups is 1. The molecule has 1 aliphatic rings. The first-order chi connectivity index (χ1) is 22.4. The van der Waals surface area contributed by atoms with Crippen molar-refractivity contribution >= 4 is 23.6 Å². The van der Waals surface area contributed by atoms with Crippen LogP contribution in [0.4, 0.5) is 0 Å². The predicted molar refractivity (Wildman–Crippen MR) is 174 cm³/mol. The number of unbranched alkanes of at least 4 members (excludes halogenated alkanes) is 1. The quantitative estimate of drug-likeness (QED) is 0.0603. The molecule has 5 rings (SSSR count). The fraction of sp³-hybridized carbons (Fsp3) is 0.343. The number of ether oxygens (including phenoxy) is 2. The molecule has 2 heterocycles. The number of benzene rings is 3. The minimum absolute atomic E-state index is 0.00573. The van der Waals surface area contributed by atoms with E-state index in [1.54, 1.807) is 23.4 Å². The number of carbonyl (C=O) groups is 2. The first-order valence-electron chi connectivity index (χ1n) is 15.4. The fourth-order valence-electron chi connectivity index (χ4n) is 5.32. The molecule has 0 spiro atoms. The molecule has 46 heavy (non-hydrogen) atoms. The van der Waals surface area contributed by atoms with E-state index in [0.29, 0.717) is 32.2 Å². The number of hydrogen-bond acceptors (Lipinski definition) is 8. The number of imidazole rings is 1. The molecule has 242 valence electrons. The maximum Gasteiger partial charge on any atom is 0.243 e. The van der Waals surface area contributed by atoms with Crippen molar-refractivity contribution in [2.45, 2.75) is 68.9 Å². The van der Waals surface area contributed by atoms with Crippen LogP contribution in [0, 0.1) is 0 Å². The van der Waals surface area contributed by atoms with Gasteiger partial charge in [-0.15, -0.1) is 0 Å². The molecule has 1 fully saturated rings. The highest BCUT2D eigenvalue weighted by molar-refractivity contribution is 7.99. The number of aromatic nitrogens is 2. The standard InChI is InChI=1S/C35H40N4O6S/c1-39-17-16-36-35(39)46-23-30-20-31(26-14-12-24(22-40)13-15-26)45-34(44-30)29-9-5-8-28(19-29)27-7-4-6-25(18-27)21-37-32(41)10-2-3-11-33(42)38-43/h4-9,12-19,30-31,34,40,43H,2-3,10-11,20-23H2,1H3,(H,37,41)(H,38,42)/t30-,31+,34+/m0/s1. The summed E-state index contributed by atoms with van der Waals surface area (Å²) in [5.41, 5.74) is 7.40. The normalized spacial score (nSPS) is 17.8. The van der Waals surface area contributed by atoms with E-state index >= 15 is 0 Å². The Bertz CT molecular complexity index is 1590. The molecule has 2 amide bonds. The lowest BCUT2D eigenvalue weighted by molar-refractivity contribution is -0.245. The Morgan fingerprint density at radius 1 is 0.935 bits per heavy atom. The van der Waals surface area contributed by atoms with Gasteiger partial charge in [-0.3, -0.25) is 14.8 Å². The Morgan fingerprint density at radius 2 is 1.67 bits per heavy atom. The molecule has 0 saturated carbocycles. The van der Waals surface area contributed by atoms with Crippen LogP contribution in [0.15, 0.2) is 90.3 Å². The maximum absolute atomic E-state index is 12.3. The summed E-state index contributed by atoms with van der Waals surface area (Å²) in [6.45, 7) is 0.388. The summed E-state index contributed by atoms with van der Waals surface area (Å²) in [5, 5.41) is 22.0. The van der Waals surface area contributed by atoms with E-state index < -0.39 is 12.2 Å². The van der Waals surface area contributed by atoms with Crippen LogP contribution in [0.5, 0.6) is 0 Å². The van der Waals surface area contributed by atoms with E-state index in [9.17, 15) is 14.7 Å². The zero-order valence-corrected chi connectivity index (χ0v) is 26.6. The number of hydrogen-bond donors (Lipinski definition) is 4. The van der Waals surface area contributed by atoms with Gasteiger partial charge in [-0.25, -0.2) is 10.5 Å². The van der Waals surface area contributed by atoms with Crippen LogP contribution >= 0.6 is 11.8 Å². The van der Waals surface area contributed by atoms with Crippen LogP contribution in [0.3, 0.4) is 0 Å². The van der Waals surface area contributed by atoms with Crippen LogP contribution in [0.1, 0.15) is 66.8 Å². The van der Waals surface area contributed by atoms with Gasteiger partial charge in [0.1, 0.15) is 0 Å². The molecule has 10 nitrogen and oxygen atoms in total. The second kappa shape index (κ2) is 16.5. The molecule has 0 unspecified atom stereocenters. The van der Waals surface area contributed by atoms with Gasteiger partial charge in [-0.1, -0.05) is 72.4 Å². The molecule has 0 bridgehead atoms. The van der Waals surface area contributed by atoms with Gasteiger partial charge in [0.25, 0.3) is 0 Å². The Morgan fingerprint density at radius 3 is 2.39 bits per heavy atom. The van der Waals surface area contributed by atoms with Crippen molar-refractivity contribution in [3.05, 3.63) is 107 Å². The summed E-state index contributed by atoms with van der Waals surface area (Å²) in [7, 11) is 1.98. The molecule has 11 heteroatoms. The predicted octanol–water partition coefficient (Wildman–Crippen LogP) is 5.60. The van der Waals surface area contributed by atoms with Crippen LogP contribution in [0.2, 0.25) is 0 Å². The second-order valence-electron chi connectivity index (χ2n) is 11.3. The van der Waals surface area contributed by atoms with Crippen LogP contribution < -0.4 is 10.8 Å². The van der Waals surface area contributed by atoms with E-state index in [2.05, 4.69) is 22.4 Å². The average molecular weight is 645 g/mol. The zero-order chi connectivity index (χ0) is 32.3. The third kappa shape index (κ3) is 9.27. The topological polar surface area (TPSA) is 135 Å². The minimum atomic E-state index is -0.575. The van der Waals surface area contributed by atoms with Gasteiger partial charge in [0.2, 0.25) is 11.8 Å². The van der Waals surface area contributed by atoms with Gasteiger partial charge in [0.05, 0.1) is 18.8 Å². The van der Waals surface area contributed by atoms with E-state index in [1.807, 2.05) is 78.5 Å². The van der Waals surface area contributed by atoms with Gasteiger partial charge in [-0.05, 0) is 52.8 Å². The number of rotatable bonds is 14. The van der Waals surface area contributed by atoms with E-state index in [4.69, 9.17) is 14.7 Å². The summed E-state index contributed by atoms with van der Waals surface area (Å²) in [6, 6.07) is 24.1. The number of nitrogens with zero attached hydrogens (tertiary/aromatic N) is 2. The third-order valence-corrected chi connectivity index (χ3v) is 9.07. The van der Waals surface area contributed by atoms with E-state index in [-0.39, 0.29) is 31.1 Å². The molecule has 4 aromatic rings. The van der Waals surface area contributed by atoms with Crippen molar-refractivity contribution in [1.82, 2.24) is 20.3 Å². The van der Waals surface area contributed by atoms with Crippen molar-refractivity contribution < 1.29 is 29.4 Å². The molecule has 0 radical (unpaired) electrons. The number of nitrogens with one attached hydrogen (secondary N) is 2. The number of amides is 2. The number of carbonyl (C=O) groups excluding carboxylic acids is 2. The smallest absolute Gasteiger partial charge is 0.243 e. The summed E-state index contributed by atoms with van der Waals surface area (Å²) in [5.74, 6) is 0.191. The second-order valence-corrected chi connectivity index (χ2v) is 12.3. The summed E-state index contributed by atoms with van der Waals surface area (Å²) in [4.78, 5) is 27.9. The largest absolute Gasteiger partial charge is 0.392 e. The van der Waals surface area contributed by atoms with Crippen LogP contribution in [0.25, 0.3) is 11.1 Å². The molecule has 1 aliphatic heterocycles. The highest BCUT2D eigenvalue weighted by Gasteiger charge is 2.32. The molecular weight excluding hydrogens is 604 g/mol. The summed E-state index contributed by atoms with van der Waals surface area (Å²) >= 11 is 1.66. The monoisotopic (exact) mass is 644 g/mol. The van der Waals surface area contributed by atoms with Gasteiger partial charge in [-0.2, -0.15) is 0 Å². The number of aliphatic hydroxyl groups is 1.